The SMILES string of the molecule is CC(=O)c1ccc(OCC(=O)N2CCCCC2C)cc1. The van der Waals surface area contributed by atoms with Gasteiger partial charge in [0.2, 0.25) is 0 Å². The van der Waals surface area contributed by atoms with Crippen LogP contribution in [0.2, 0.25) is 0 Å². The first-order valence-corrected chi connectivity index (χ1v) is 7.11. The van der Waals surface area contributed by atoms with Crippen molar-refractivity contribution in [3.05, 3.63) is 29.8 Å². The minimum absolute atomic E-state index is 0.0229. The summed E-state index contributed by atoms with van der Waals surface area (Å²) in [6.07, 6.45) is 3.33. The molecule has 2 rings (SSSR count). The molecule has 0 saturated carbocycles. The number of likely N-dealkylation sites (tertiary alicyclic amines) is 1. The molecule has 1 unspecified atom stereocenters. The van der Waals surface area contributed by atoms with Crippen LogP contribution in [0.5, 0.6) is 5.75 Å². The van der Waals surface area contributed by atoms with Crippen molar-refractivity contribution < 1.29 is 14.3 Å². The lowest BCUT2D eigenvalue weighted by Gasteiger charge is -2.33. The Morgan fingerprint density at radius 2 is 1.95 bits per heavy atom. The summed E-state index contributed by atoms with van der Waals surface area (Å²) in [6.45, 7) is 4.49. The number of ether oxygens (including phenoxy) is 1. The summed E-state index contributed by atoms with van der Waals surface area (Å²) < 4.78 is 5.50. The summed E-state index contributed by atoms with van der Waals surface area (Å²) in [6, 6.07) is 7.19. The van der Waals surface area contributed by atoms with Crippen LogP contribution in [-0.4, -0.2) is 35.8 Å². The molecule has 4 nitrogen and oxygen atoms in total. The van der Waals surface area contributed by atoms with Crippen LogP contribution < -0.4 is 4.74 Å². The number of hydrogen-bond acceptors (Lipinski definition) is 3. The lowest BCUT2D eigenvalue weighted by atomic mass is 10.0. The number of carbonyl (C=O) groups is 2. The van der Waals surface area contributed by atoms with Crippen LogP contribution in [0.3, 0.4) is 0 Å². The Bertz CT molecular complexity index is 481. The van der Waals surface area contributed by atoms with Gasteiger partial charge in [-0.15, -0.1) is 0 Å². The molecular weight excluding hydrogens is 254 g/mol. The normalized spacial score (nSPS) is 18.7. The molecule has 0 spiro atoms. The first-order valence-electron chi connectivity index (χ1n) is 7.11. The van der Waals surface area contributed by atoms with Gasteiger partial charge >= 0.3 is 0 Å². The third kappa shape index (κ3) is 3.59. The Hall–Kier alpha value is -1.84. The highest BCUT2D eigenvalue weighted by Crippen LogP contribution is 2.17. The van der Waals surface area contributed by atoms with E-state index in [-0.39, 0.29) is 18.3 Å². The third-order valence-corrected chi connectivity index (χ3v) is 3.75. The van der Waals surface area contributed by atoms with Crippen molar-refractivity contribution in [2.45, 2.75) is 39.2 Å². The zero-order valence-electron chi connectivity index (χ0n) is 12.1. The topological polar surface area (TPSA) is 46.6 Å². The number of hydrogen-bond donors (Lipinski definition) is 0. The molecule has 4 heteroatoms. The molecule has 1 heterocycles. The van der Waals surface area contributed by atoms with Crippen LogP contribution >= 0.6 is 0 Å². The monoisotopic (exact) mass is 275 g/mol. The minimum atomic E-state index is 0.0229. The number of rotatable bonds is 4. The molecule has 108 valence electrons. The standard InChI is InChI=1S/C16H21NO3/c1-12-5-3-4-10-17(12)16(19)11-20-15-8-6-14(7-9-15)13(2)18/h6-9,12H,3-5,10-11H2,1-2H3. The van der Waals surface area contributed by atoms with Crippen LogP contribution in [0.4, 0.5) is 0 Å². The molecule has 1 aliphatic rings. The number of benzene rings is 1. The van der Waals surface area contributed by atoms with Gasteiger partial charge in [0.15, 0.2) is 12.4 Å². The zero-order chi connectivity index (χ0) is 14.5. The lowest BCUT2D eigenvalue weighted by Crippen LogP contribution is -2.44. The van der Waals surface area contributed by atoms with E-state index in [1.807, 2.05) is 4.90 Å². The second-order valence-corrected chi connectivity index (χ2v) is 5.30. The van der Waals surface area contributed by atoms with Crippen molar-refractivity contribution in [1.82, 2.24) is 4.90 Å². The van der Waals surface area contributed by atoms with E-state index in [0.717, 1.165) is 19.4 Å². The molecule has 1 aromatic rings. The molecule has 0 aliphatic carbocycles. The number of nitrogens with zero attached hydrogens (tertiary/aromatic N) is 1. The molecule has 1 aromatic carbocycles. The molecule has 1 saturated heterocycles. The Morgan fingerprint density at radius 1 is 1.25 bits per heavy atom. The smallest absolute Gasteiger partial charge is 0.260 e. The Balaban J connectivity index is 1.88. The second-order valence-electron chi connectivity index (χ2n) is 5.30. The van der Waals surface area contributed by atoms with Crippen LogP contribution in [0.15, 0.2) is 24.3 Å². The van der Waals surface area contributed by atoms with E-state index in [4.69, 9.17) is 4.74 Å². The number of Topliss-reactive ketones (excluding diaryl/α,β-unsaturated/α-hetero) is 1. The quantitative estimate of drug-likeness (QED) is 0.794. The summed E-state index contributed by atoms with van der Waals surface area (Å²) in [7, 11) is 0. The number of ketones is 1. The van der Waals surface area contributed by atoms with E-state index < -0.39 is 0 Å². The fourth-order valence-electron chi connectivity index (χ4n) is 2.48. The van der Waals surface area contributed by atoms with E-state index in [0.29, 0.717) is 17.4 Å². The average Bonchev–Trinajstić information content (AvgIpc) is 2.45. The van der Waals surface area contributed by atoms with Crippen LogP contribution in [0, 0.1) is 0 Å². The fraction of sp³-hybridized carbons (Fsp3) is 0.500. The summed E-state index contributed by atoms with van der Waals surface area (Å²) >= 11 is 0. The van der Waals surface area contributed by atoms with Crippen LogP contribution in [0.1, 0.15) is 43.5 Å². The van der Waals surface area contributed by atoms with E-state index in [9.17, 15) is 9.59 Å². The van der Waals surface area contributed by atoms with Gasteiger partial charge in [0.25, 0.3) is 5.91 Å². The molecule has 1 amide bonds. The zero-order valence-corrected chi connectivity index (χ0v) is 12.1. The van der Waals surface area contributed by atoms with E-state index in [2.05, 4.69) is 6.92 Å². The Morgan fingerprint density at radius 3 is 2.55 bits per heavy atom. The van der Waals surface area contributed by atoms with Crippen molar-refractivity contribution in [2.24, 2.45) is 0 Å². The van der Waals surface area contributed by atoms with Gasteiger partial charge in [-0.2, -0.15) is 0 Å². The molecule has 1 atom stereocenters. The molecule has 0 aromatic heterocycles. The van der Waals surface area contributed by atoms with Crippen molar-refractivity contribution in [3.8, 4) is 5.75 Å². The Kier molecular flexibility index (Phi) is 4.77. The second kappa shape index (κ2) is 6.55. The van der Waals surface area contributed by atoms with Gasteiger partial charge < -0.3 is 9.64 Å². The number of carbonyl (C=O) groups excluding carboxylic acids is 2. The Labute approximate surface area is 119 Å². The van der Waals surface area contributed by atoms with E-state index >= 15 is 0 Å². The molecule has 0 radical (unpaired) electrons. The largest absolute Gasteiger partial charge is 0.484 e. The van der Waals surface area contributed by atoms with E-state index in [1.165, 1.54) is 13.3 Å². The molecule has 1 fully saturated rings. The third-order valence-electron chi connectivity index (χ3n) is 3.75. The highest BCUT2D eigenvalue weighted by atomic mass is 16.5. The van der Waals surface area contributed by atoms with E-state index in [1.54, 1.807) is 24.3 Å². The van der Waals surface area contributed by atoms with Crippen molar-refractivity contribution in [1.29, 1.82) is 0 Å². The number of amides is 1. The van der Waals surface area contributed by atoms with Gasteiger partial charge in [-0.25, -0.2) is 0 Å². The van der Waals surface area contributed by atoms with Crippen molar-refractivity contribution in [3.63, 3.8) is 0 Å². The molecular formula is C16H21NO3. The highest BCUT2D eigenvalue weighted by Gasteiger charge is 2.23. The predicted octanol–water partition coefficient (Wildman–Crippen LogP) is 2.67. The lowest BCUT2D eigenvalue weighted by molar-refractivity contribution is -0.136. The average molecular weight is 275 g/mol. The fourth-order valence-corrected chi connectivity index (χ4v) is 2.48. The van der Waals surface area contributed by atoms with Gasteiger partial charge in [0.05, 0.1) is 0 Å². The number of piperidine rings is 1. The molecule has 0 bridgehead atoms. The highest BCUT2D eigenvalue weighted by molar-refractivity contribution is 5.94. The van der Waals surface area contributed by atoms with Gasteiger partial charge in [-0.1, -0.05) is 0 Å². The molecule has 20 heavy (non-hydrogen) atoms. The van der Waals surface area contributed by atoms with Crippen LogP contribution in [0.25, 0.3) is 0 Å². The summed E-state index contributed by atoms with van der Waals surface area (Å²) in [5.74, 6) is 0.677. The van der Waals surface area contributed by atoms with Gasteiger partial charge in [0, 0.05) is 18.2 Å². The summed E-state index contributed by atoms with van der Waals surface area (Å²) in [5, 5.41) is 0. The predicted molar refractivity (Wildman–Crippen MR) is 77.0 cm³/mol. The maximum absolute atomic E-state index is 12.1. The first-order chi connectivity index (χ1) is 9.58. The van der Waals surface area contributed by atoms with Gasteiger partial charge in [-0.3, -0.25) is 9.59 Å². The van der Waals surface area contributed by atoms with Gasteiger partial charge in [-0.05, 0) is 57.4 Å². The van der Waals surface area contributed by atoms with Crippen molar-refractivity contribution in [2.75, 3.05) is 13.2 Å². The first kappa shape index (κ1) is 14.6. The maximum Gasteiger partial charge on any atom is 0.260 e. The molecule has 1 aliphatic heterocycles. The van der Waals surface area contributed by atoms with Crippen LogP contribution in [-0.2, 0) is 4.79 Å². The van der Waals surface area contributed by atoms with Crippen molar-refractivity contribution >= 4 is 11.7 Å². The summed E-state index contributed by atoms with van der Waals surface area (Å²) in [5.41, 5.74) is 0.647. The molecule has 0 N–H and O–H groups in total. The maximum atomic E-state index is 12.1. The van der Waals surface area contributed by atoms with Gasteiger partial charge in [0.1, 0.15) is 5.75 Å². The minimum Gasteiger partial charge on any atom is -0.484 e. The summed E-state index contributed by atoms with van der Waals surface area (Å²) in [4.78, 5) is 25.2.